The molecule has 0 unspecified atom stereocenters. The fraction of sp³-hybridized carbons (Fsp3) is 0.917. The first-order valence-electron chi connectivity index (χ1n) is 7.14. The summed E-state index contributed by atoms with van der Waals surface area (Å²) in [7, 11) is -6.92. The van der Waals surface area contributed by atoms with Crippen molar-refractivity contribution >= 4 is 26.8 Å². The van der Waals surface area contributed by atoms with Gasteiger partial charge in [-0.15, -0.1) is 0 Å². The second-order valence-corrected chi connectivity index (χ2v) is 9.13. The Balaban J connectivity index is 0.000000569. The van der Waals surface area contributed by atoms with Gasteiger partial charge in [0.25, 0.3) is 0 Å². The first kappa shape index (κ1) is 26.3. The standard InChI is InChI=1S/C8H15OS.C4HF9O3S/c1-2-8(9)7-10-5-3-4-6-10;5-1(6,3(9,10)11)2(7,8)4(12,13)17(14,15)16/h2-7H2,1H3;(H,14,15,16)/q+1;/p-1. The second-order valence-electron chi connectivity index (χ2n) is 5.38. The average Bonchev–Trinajstić information content (AvgIpc) is 2.97. The Morgan fingerprint density at radius 1 is 0.926 bits per heavy atom. The Kier molecular flexibility index (Phi) is 8.53. The highest BCUT2D eigenvalue weighted by Crippen LogP contribution is 2.54. The van der Waals surface area contributed by atoms with E-state index in [0.29, 0.717) is 16.7 Å². The molecule has 0 atom stereocenters. The predicted molar refractivity (Wildman–Crippen MR) is 77.1 cm³/mol. The van der Waals surface area contributed by atoms with Crippen molar-refractivity contribution in [2.75, 3.05) is 17.3 Å². The van der Waals surface area contributed by atoms with Crippen molar-refractivity contribution < 1.29 is 57.3 Å². The quantitative estimate of drug-likeness (QED) is 0.348. The van der Waals surface area contributed by atoms with Gasteiger partial charge in [-0.25, -0.2) is 8.42 Å². The van der Waals surface area contributed by atoms with E-state index in [1.165, 1.54) is 24.3 Å². The molecule has 0 aliphatic carbocycles. The van der Waals surface area contributed by atoms with Gasteiger partial charge < -0.3 is 4.55 Å². The fourth-order valence-corrected chi connectivity index (χ4v) is 4.53. The Labute approximate surface area is 151 Å². The third-order valence-corrected chi connectivity index (χ3v) is 6.65. The van der Waals surface area contributed by atoms with Gasteiger partial charge in [0.05, 0.1) is 0 Å². The van der Waals surface area contributed by atoms with Gasteiger partial charge in [0.15, 0.2) is 21.7 Å². The molecule has 4 nitrogen and oxygen atoms in total. The molecule has 0 saturated carbocycles. The van der Waals surface area contributed by atoms with Gasteiger partial charge in [-0.05, 0) is 23.7 Å². The van der Waals surface area contributed by atoms with Crippen LogP contribution in [-0.4, -0.2) is 59.3 Å². The zero-order valence-electron chi connectivity index (χ0n) is 13.6. The third-order valence-electron chi connectivity index (χ3n) is 3.31. The number of hydrogen-bond acceptors (Lipinski definition) is 4. The number of rotatable bonds is 6. The molecule has 0 radical (unpaired) electrons. The molecule has 0 aromatic rings. The number of carbonyl (C=O) groups is 1. The Hall–Kier alpha value is -0.700. The summed E-state index contributed by atoms with van der Waals surface area (Å²) in [5.41, 5.74) is 0. The number of ketones is 1. The van der Waals surface area contributed by atoms with Crippen molar-refractivity contribution in [3.8, 4) is 0 Å². The van der Waals surface area contributed by atoms with E-state index in [1.54, 1.807) is 0 Å². The average molecular weight is 458 g/mol. The second kappa shape index (κ2) is 8.76. The summed E-state index contributed by atoms with van der Waals surface area (Å²) >= 11 is 0. The summed E-state index contributed by atoms with van der Waals surface area (Å²) in [4.78, 5) is 11.0. The lowest BCUT2D eigenvalue weighted by molar-refractivity contribution is -0.382. The Morgan fingerprint density at radius 3 is 1.63 bits per heavy atom. The summed E-state index contributed by atoms with van der Waals surface area (Å²) in [5.74, 6) is -10.8. The van der Waals surface area contributed by atoms with Crippen LogP contribution in [0, 0.1) is 0 Å². The van der Waals surface area contributed by atoms with Crippen molar-refractivity contribution in [1.82, 2.24) is 0 Å². The molecular weight excluding hydrogens is 443 g/mol. The van der Waals surface area contributed by atoms with Crippen LogP contribution in [0.4, 0.5) is 39.5 Å². The lowest BCUT2D eigenvalue weighted by atomic mass is 10.1. The molecule has 0 spiro atoms. The molecule has 1 aliphatic rings. The lowest BCUT2D eigenvalue weighted by Gasteiger charge is -2.34. The van der Waals surface area contributed by atoms with E-state index < -0.39 is 33.4 Å². The third kappa shape index (κ3) is 5.89. The van der Waals surface area contributed by atoms with Gasteiger partial charge in [-0.2, -0.15) is 39.5 Å². The van der Waals surface area contributed by atoms with Crippen LogP contribution >= 0.6 is 0 Å². The van der Waals surface area contributed by atoms with Crippen molar-refractivity contribution in [3.63, 3.8) is 0 Å². The highest BCUT2D eigenvalue weighted by molar-refractivity contribution is 7.97. The Bertz CT molecular complexity index is 611. The van der Waals surface area contributed by atoms with Crippen LogP contribution in [0.5, 0.6) is 0 Å². The normalized spacial score (nSPS) is 17.4. The lowest BCUT2D eigenvalue weighted by Crippen LogP contribution is -2.63. The molecule has 162 valence electrons. The van der Waals surface area contributed by atoms with E-state index in [-0.39, 0.29) is 0 Å². The highest BCUT2D eigenvalue weighted by Gasteiger charge is 2.83. The molecular formula is C12H15F9O4S2. The van der Waals surface area contributed by atoms with E-state index in [4.69, 9.17) is 0 Å². The van der Waals surface area contributed by atoms with E-state index in [2.05, 4.69) is 0 Å². The van der Waals surface area contributed by atoms with Crippen LogP contribution in [0.3, 0.4) is 0 Å². The molecule has 0 amide bonds. The molecule has 1 saturated heterocycles. The van der Waals surface area contributed by atoms with Gasteiger partial charge in [0, 0.05) is 6.42 Å². The van der Waals surface area contributed by atoms with Crippen LogP contribution < -0.4 is 0 Å². The number of halogens is 9. The van der Waals surface area contributed by atoms with Crippen molar-refractivity contribution in [2.45, 2.75) is 49.5 Å². The summed E-state index contributed by atoms with van der Waals surface area (Å²) in [6.07, 6.45) is -3.70. The molecule has 1 rings (SSSR count). The maximum Gasteiger partial charge on any atom is 0.460 e. The van der Waals surface area contributed by atoms with Gasteiger partial charge in [0.1, 0.15) is 11.5 Å². The van der Waals surface area contributed by atoms with Gasteiger partial charge in [-0.1, -0.05) is 6.92 Å². The molecule has 0 N–H and O–H groups in total. The van der Waals surface area contributed by atoms with Gasteiger partial charge >= 0.3 is 23.3 Å². The molecule has 1 heterocycles. The smallest absolute Gasteiger partial charge is 0.460 e. The zero-order valence-corrected chi connectivity index (χ0v) is 15.2. The minimum atomic E-state index is -7.43. The van der Waals surface area contributed by atoms with Gasteiger partial charge in [-0.3, -0.25) is 4.79 Å². The molecule has 15 heteroatoms. The SMILES string of the molecule is CCC(=O)C[S+]1CCCC1.O=S(=O)([O-])C(F)(F)C(F)(F)C(F)(F)C(F)(F)F. The number of hydrogen-bond donors (Lipinski definition) is 0. The topological polar surface area (TPSA) is 74.3 Å². The van der Waals surface area contributed by atoms with Crippen LogP contribution in [0.15, 0.2) is 0 Å². The monoisotopic (exact) mass is 458 g/mol. The summed E-state index contributed by atoms with van der Waals surface area (Å²) in [6, 6.07) is 0. The van der Waals surface area contributed by atoms with E-state index in [1.807, 2.05) is 6.92 Å². The molecule has 0 aromatic heterocycles. The summed E-state index contributed by atoms with van der Waals surface area (Å²) < 4.78 is 135. The number of carbonyl (C=O) groups excluding carboxylic acids is 1. The van der Waals surface area contributed by atoms with Crippen LogP contribution in [0.25, 0.3) is 0 Å². The van der Waals surface area contributed by atoms with Crippen molar-refractivity contribution in [2.24, 2.45) is 0 Å². The minimum absolute atomic E-state index is 0.463. The first-order chi connectivity index (χ1) is 11.8. The van der Waals surface area contributed by atoms with Crippen LogP contribution in [-0.2, 0) is 25.8 Å². The Morgan fingerprint density at radius 2 is 1.33 bits per heavy atom. The number of Topliss-reactive ketones (excluding diaryl/α,β-unsaturated/α-hetero) is 1. The summed E-state index contributed by atoms with van der Waals surface area (Å²) in [6.45, 7) is 1.96. The maximum absolute atomic E-state index is 12.2. The van der Waals surface area contributed by atoms with E-state index in [9.17, 15) is 57.3 Å². The predicted octanol–water partition coefficient (Wildman–Crippen LogP) is 3.33. The highest BCUT2D eigenvalue weighted by atomic mass is 32.2. The minimum Gasteiger partial charge on any atom is -0.743 e. The fourth-order valence-electron chi connectivity index (χ4n) is 1.71. The van der Waals surface area contributed by atoms with Crippen LogP contribution in [0.2, 0.25) is 0 Å². The molecule has 0 aromatic carbocycles. The van der Waals surface area contributed by atoms with Gasteiger partial charge in [0.2, 0.25) is 0 Å². The zero-order chi connectivity index (χ0) is 21.9. The number of alkyl halides is 9. The maximum atomic E-state index is 12.2. The molecule has 27 heavy (non-hydrogen) atoms. The summed E-state index contributed by atoms with van der Waals surface area (Å²) in [5, 5.41) is -7.11. The molecule has 1 aliphatic heterocycles. The van der Waals surface area contributed by atoms with E-state index >= 15 is 0 Å². The van der Waals surface area contributed by atoms with Crippen molar-refractivity contribution in [3.05, 3.63) is 0 Å². The molecule has 1 fully saturated rings. The first-order valence-corrected chi connectivity index (χ1v) is 10.3. The van der Waals surface area contributed by atoms with Crippen LogP contribution in [0.1, 0.15) is 26.2 Å². The largest absolute Gasteiger partial charge is 0.743 e. The molecule has 0 bridgehead atoms. The van der Waals surface area contributed by atoms with E-state index in [0.717, 1.165) is 12.2 Å². The van der Waals surface area contributed by atoms with Crippen molar-refractivity contribution in [1.29, 1.82) is 0 Å².